The molecule has 0 aliphatic carbocycles. The van der Waals surface area contributed by atoms with E-state index in [1.807, 2.05) is 12.4 Å². The molecule has 0 aliphatic rings. The molecule has 1 aromatic carbocycles. The second kappa shape index (κ2) is 6.88. The van der Waals surface area contributed by atoms with Crippen LogP contribution in [0, 0.1) is 12.7 Å². The zero-order chi connectivity index (χ0) is 14.5. The van der Waals surface area contributed by atoms with Gasteiger partial charge in [-0.3, -0.25) is 0 Å². The average molecular weight is 310 g/mol. The zero-order valence-electron chi connectivity index (χ0n) is 11.1. The van der Waals surface area contributed by atoms with Crippen LogP contribution in [0.15, 0.2) is 23.7 Å². The predicted octanol–water partition coefficient (Wildman–Crippen LogP) is 2.98. The first-order valence-electron chi connectivity index (χ1n) is 6.13. The lowest BCUT2D eigenvalue weighted by molar-refractivity contribution is 0.124. The SMILES string of the molecule is Cc1ncsc1CCOCc1cc(F)ccc1C(N)=S. The molecule has 0 radical (unpaired) electrons. The van der Waals surface area contributed by atoms with Gasteiger partial charge in [0.2, 0.25) is 0 Å². The third-order valence-corrected chi connectivity index (χ3v) is 4.12. The molecule has 2 rings (SSSR count). The van der Waals surface area contributed by atoms with E-state index in [4.69, 9.17) is 22.7 Å². The first-order valence-corrected chi connectivity index (χ1v) is 7.41. The fourth-order valence-electron chi connectivity index (χ4n) is 1.84. The summed E-state index contributed by atoms with van der Waals surface area (Å²) in [7, 11) is 0. The summed E-state index contributed by atoms with van der Waals surface area (Å²) in [6, 6.07) is 4.34. The van der Waals surface area contributed by atoms with Crippen LogP contribution in [0.3, 0.4) is 0 Å². The smallest absolute Gasteiger partial charge is 0.123 e. The Kier molecular flexibility index (Phi) is 5.17. The second-order valence-corrected chi connectivity index (χ2v) is 5.71. The maximum absolute atomic E-state index is 13.2. The minimum Gasteiger partial charge on any atom is -0.389 e. The van der Waals surface area contributed by atoms with E-state index in [-0.39, 0.29) is 10.8 Å². The number of hydrogen-bond acceptors (Lipinski definition) is 4. The van der Waals surface area contributed by atoms with Gasteiger partial charge in [-0.05, 0) is 30.7 Å². The number of ether oxygens (including phenoxy) is 1. The fourth-order valence-corrected chi connectivity index (χ4v) is 2.80. The van der Waals surface area contributed by atoms with Crippen molar-refractivity contribution in [1.29, 1.82) is 0 Å². The van der Waals surface area contributed by atoms with Crippen molar-refractivity contribution >= 4 is 28.5 Å². The average Bonchev–Trinajstić information content (AvgIpc) is 2.80. The Balaban J connectivity index is 1.92. The van der Waals surface area contributed by atoms with E-state index in [0.717, 1.165) is 12.1 Å². The van der Waals surface area contributed by atoms with E-state index < -0.39 is 0 Å². The van der Waals surface area contributed by atoms with Crippen LogP contribution < -0.4 is 5.73 Å². The maximum atomic E-state index is 13.2. The molecule has 1 aromatic heterocycles. The number of rotatable bonds is 6. The molecular weight excluding hydrogens is 295 g/mol. The molecule has 0 aliphatic heterocycles. The number of hydrogen-bond donors (Lipinski definition) is 1. The molecule has 0 bridgehead atoms. The third-order valence-electron chi connectivity index (χ3n) is 2.91. The Hall–Kier alpha value is -1.37. The molecule has 0 spiro atoms. The molecule has 2 N–H and O–H groups in total. The Labute approximate surface area is 126 Å². The monoisotopic (exact) mass is 310 g/mol. The summed E-state index contributed by atoms with van der Waals surface area (Å²) in [5, 5.41) is 0. The molecule has 0 atom stereocenters. The van der Waals surface area contributed by atoms with E-state index in [0.29, 0.717) is 24.3 Å². The summed E-state index contributed by atoms with van der Waals surface area (Å²) in [6.45, 7) is 2.82. The topological polar surface area (TPSA) is 48.1 Å². The summed E-state index contributed by atoms with van der Waals surface area (Å²) in [5.74, 6) is -0.318. The molecule has 3 nitrogen and oxygen atoms in total. The molecule has 0 amide bonds. The standard InChI is InChI=1S/C14H15FN2OS2/c1-9-13(20-8-17-9)4-5-18-7-10-6-11(15)2-3-12(10)14(16)19/h2-3,6,8H,4-5,7H2,1H3,(H2,16,19). The molecule has 0 fully saturated rings. The summed E-state index contributed by atoms with van der Waals surface area (Å²) in [5.41, 5.74) is 9.81. The molecule has 1 heterocycles. The fraction of sp³-hybridized carbons (Fsp3) is 0.286. The number of thiazole rings is 1. The number of nitrogens with two attached hydrogens (primary N) is 1. The van der Waals surface area contributed by atoms with Gasteiger partial charge in [-0.15, -0.1) is 11.3 Å². The van der Waals surface area contributed by atoms with E-state index in [9.17, 15) is 4.39 Å². The lowest BCUT2D eigenvalue weighted by Gasteiger charge is -2.09. The van der Waals surface area contributed by atoms with E-state index in [1.54, 1.807) is 17.4 Å². The molecule has 0 saturated heterocycles. The zero-order valence-corrected chi connectivity index (χ0v) is 12.7. The quantitative estimate of drug-likeness (QED) is 0.658. The van der Waals surface area contributed by atoms with Crippen molar-refractivity contribution in [3.8, 4) is 0 Å². The van der Waals surface area contributed by atoms with Crippen molar-refractivity contribution in [2.45, 2.75) is 20.0 Å². The van der Waals surface area contributed by atoms with E-state index in [1.165, 1.54) is 17.0 Å². The van der Waals surface area contributed by atoms with Crippen LogP contribution in [0.4, 0.5) is 4.39 Å². The van der Waals surface area contributed by atoms with Gasteiger partial charge >= 0.3 is 0 Å². The van der Waals surface area contributed by atoms with Crippen LogP contribution in [-0.4, -0.2) is 16.6 Å². The molecule has 2 aromatic rings. The van der Waals surface area contributed by atoms with Gasteiger partial charge in [0.15, 0.2) is 0 Å². The Bertz CT molecular complexity index is 613. The highest BCUT2D eigenvalue weighted by atomic mass is 32.1. The van der Waals surface area contributed by atoms with Gasteiger partial charge in [-0.1, -0.05) is 12.2 Å². The van der Waals surface area contributed by atoms with E-state index >= 15 is 0 Å². The molecule has 20 heavy (non-hydrogen) atoms. The minimum absolute atomic E-state index is 0.252. The lowest BCUT2D eigenvalue weighted by atomic mass is 10.1. The first kappa shape index (κ1) is 15.0. The van der Waals surface area contributed by atoms with Crippen molar-refractivity contribution < 1.29 is 9.13 Å². The molecular formula is C14H15FN2OS2. The van der Waals surface area contributed by atoms with Crippen LogP contribution in [-0.2, 0) is 17.8 Å². The van der Waals surface area contributed by atoms with Gasteiger partial charge in [0.25, 0.3) is 0 Å². The highest BCUT2D eigenvalue weighted by molar-refractivity contribution is 7.80. The van der Waals surface area contributed by atoms with Gasteiger partial charge in [-0.2, -0.15) is 0 Å². The largest absolute Gasteiger partial charge is 0.389 e. The van der Waals surface area contributed by atoms with Gasteiger partial charge in [0, 0.05) is 16.9 Å². The number of aromatic nitrogens is 1. The Morgan fingerprint density at radius 2 is 2.30 bits per heavy atom. The van der Waals surface area contributed by atoms with Crippen molar-refractivity contribution in [2.75, 3.05) is 6.61 Å². The first-order chi connectivity index (χ1) is 9.58. The van der Waals surface area contributed by atoms with Crippen molar-refractivity contribution in [1.82, 2.24) is 4.98 Å². The number of benzene rings is 1. The summed E-state index contributed by atoms with van der Waals surface area (Å²) in [4.78, 5) is 5.64. The van der Waals surface area contributed by atoms with Gasteiger partial charge in [0.1, 0.15) is 10.8 Å². The predicted molar refractivity (Wildman–Crippen MR) is 82.5 cm³/mol. The Morgan fingerprint density at radius 3 is 2.95 bits per heavy atom. The molecule has 0 saturated carbocycles. The lowest BCUT2D eigenvalue weighted by Crippen LogP contribution is -2.13. The maximum Gasteiger partial charge on any atom is 0.123 e. The van der Waals surface area contributed by atoms with Crippen molar-refractivity contribution in [3.63, 3.8) is 0 Å². The Morgan fingerprint density at radius 1 is 1.50 bits per heavy atom. The highest BCUT2D eigenvalue weighted by Gasteiger charge is 2.07. The minimum atomic E-state index is -0.318. The van der Waals surface area contributed by atoms with Crippen LogP contribution in [0.2, 0.25) is 0 Å². The van der Waals surface area contributed by atoms with Crippen LogP contribution in [0.5, 0.6) is 0 Å². The number of halogens is 1. The van der Waals surface area contributed by atoms with Crippen LogP contribution >= 0.6 is 23.6 Å². The summed E-state index contributed by atoms with van der Waals surface area (Å²) in [6.07, 6.45) is 0.800. The summed E-state index contributed by atoms with van der Waals surface area (Å²) >= 11 is 6.56. The van der Waals surface area contributed by atoms with Crippen LogP contribution in [0.1, 0.15) is 21.7 Å². The number of thiocarbonyl (C=S) groups is 1. The molecule has 6 heteroatoms. The van der Waals surface area contributed by atoms with Crippen LogP contribution in [0.25, 0.3) is 0 Å². The number of nitrogens with zero attached hydrogens (tertiary/aromatic N) is 1. The van der Waals surface area contributed by atoms with Gasteiger partial charge in [-0.25, -0.2) is 9.37 Å². The number of aryl methyl sites for hydroxylation is 1. The normalized spacial score (nSPS) is 10.7. The second-order valence-electron chi connectivity index (χ2n) is 4.33. The van der Waals surface area contributed by atoms with Gasteiger partial charge < -0.3 is 10.5 Å². The third kappa shape index (κ3) is 3.82. The summed E-state index contributed by atoms with van der Waals surface area (Å²) < 4.78 is 18.8. The highest BCUT2D eigenvalue weighted by Crippen LogP contribution is 2.15. The van der Waals surface area contributed by atoms with Crippen molar-refractivity contribution in [3.05, 3.63) is 51.2 Å². The van der Waals surface area contributed by atoms with E-state index in [2.05, 4.69) is 4.98 Å². The van der Waals surface area contributed by atoms with Crippen molar-refractivity contribution in [2.24, 2.45) is 5.73 Å². The molecule has 0 unspecified atom stereocenters. The van der Waals surface area contributed by atoms with Gasteiger partial charge in [0.05, 0.1) is 24.4 Å². The molecule has 106 valence electrons.